The van der Waals surface area contributed by atoms with Gasteiger partial charge in [0.2, 0.25) is 5.91 Å². The van der Waals surface area contributed by atoms with Crippen LogP contribution in [0.4, 0.5) is 5.13 Å². The highest BCUT2D eigenvalue weighted by atomic mass is 32.1. The van der Waals surface area contributed by atoms with E-state index in [1.807, 2.05) is 0 Å². The second-order valence-corrected chi connectivity index (χ2v) is 4.10. The molecule has 6 heteroatoms. The highest BCUT2D eigenvalue weighted by Crippen LogP contribution is 2.25. The Labute approximate surface area is 91.9 Å². The normalized spacial score (nSPS) is 10.1. The fourth-order valence-corrected chi connectivity index (χ4v) is 2.04. The molecule has 0 aliphatic heterocycles. The van der Waals surface area contributed by atoms with Crippen molar-refractivity contribution in [1.82, 2.24) is 4.98 Å². The molecule has 0 bridgehead atoms. The van der Waals surface area contributed by atoms with Crippen LogP contribution in [0.25, 0.3) is 0 Å². The fraction of sp³-hybridized carbons (Fsp3) is 0.444. The van der Waals surface area contributed by atoms with E-state index in [0.29, 0.717) is 15.7 Å². The summed E-state index contributed by atoms with van der Waals surface area (Å²) < 4.78 is 0. The molecule has 1 aromatic heterocycles. The Morgan fingerprint density at radius 2 is 2.13 bits per heavy atom. The van der Waals surface area contributed by atoms with E-state index in [0.717, 1.165) is 0 Å². The van der Waals surface area contributed by atoms with Gasteiger partial charge in [0.25, 0.3) is 0 Å². The minimum Gasteiger partial charge on any atom is -0.322 e. The van der Waals surface area contributed by atoms with E-state index in [2.05, 4.69) is 4.98 Å². The number of nitrogens with zero attached hydrogens (tertiary/aromatic N) is 2. The topological polar surface area (TPSA) is 76.3 Å². The number of carbonyl (C=O) groups is 2. The number of likely N-dealkylation sites (N-methyl/N-ethyl adjacent to an activating group) is 1. The van der Waals surface area contributed by atoms with Gasteiger partial charge in [-0.25, -0.2) is 4.98 Å². The van der Waals surface area contributed by atoms with Gasteiger partial charge in [-0.15, -0.1) is 0 Å². The van der Waals surface area contributed by atoms with Gasteiger partial charge in [0, 0.05) is 14.0 Å². The van der Waals surface area contributed by atoms with Crippen LogP contribution in [0.3, 0.4) is 0 Å². The van der Waals surface area contributed by atoms with Crippen molar-refractivity contribution in [2.24, 2.45) is 5.73 Å². The van der Waals surface area contributed by atoms with E-state index in [1.54, 1.807) is 14.0 Å². The molecular formula is C9H13N3O2S. The third-order valence-electron chi connectivity index (χ3n) is 1.94. The van der Waals surface area contributed by atoms with Crippen LogP contribution in [-0.4, -0.2) is 30.3 Å². The lowest BCUT2D eigenvalue weighted by atomic mass is 10.3. The Morgan fingerprint density at radius 3 is 2.53 bits per heavy atom. The maximum Gasteiger partial charge on any atom is 0.242 e. The number of ketones is 1. The number of hydrogen-bond donors (Lipinski definition) is 1. The Morgan fingerprint density at radius 1 is 1.53 bits per heavy atom. The molecule has 1 amide bonds. The van der Waals surface area contributed by atoms with Crippen LogP contribution in [0, 0.1) is 6.92 Å². The Kier molecular flexibility index (Phi) is 3.54. The first kappa shape index (κ1) is 11.8. The van der Waals surface area contributed by atoms with Gasteiger partial charge in [0.05, 0.1) is 17.1 Å². The molecule has 0 radical (unpaired) electrons. The zero-order valence-corrected chi connectivity index (χ0v) is 9.72. The van der Waals surface area contributed by atoms with Crippen molar-refractivity contribution in [2.45, 2.75) is 13.8 Å². The quantitative estimate of drug-likeness (QED) is 0.766. The third-order valence-corrected chi connectivity index (χ3v) is 3.28. The lowest BCUT2D eigenvalue weighted by Gasteiger charge is -2.11. The summed E-state index contributed by atoms with van der Waals surface area (Å²) in [5, 5.41) is 0.508. The summed E-state index contributed by atoms with van der Waals surface area (Å²) >= 11 is 1.21. The number of rotatable bonds is 3. The number of aryl methyl sites for hydroxylation is 1. The van der Waals surface area contributed by atoms with Crippen molar-refractivity contribution in [3.8, 4) is 0 Å². The zero-order chi connectivity index (χ0) is 11.6. The molecule has 2 N–H and O–H groups in total. The molecule has 0 atom stereocenters. The van der Waals surface area contributed by atoms with Gasteiger partial charge in [-0.05, 0) is 6.92 Å². The molecule has 1 rings (SSSR count). The SMILES string of the molecule is CC(=O)c1sc(N(C)C(=O)CN)nc1C. The second-order valence-electron chi connectivity index (χ2n) is 3.12. The predicted octanol–water partition coefficient (Wildman–Crippen LogP) is 0.576. The lowest BCUT2D eigenvalue weighted by Crippen LogP contribution is -2.32. The van der Waals surface area contributed by atoms with E-state index >= 15 is 0 Å². The Bertz CT molecular complexity index is 400. The Hall–Kier alpha value is -1.27. The minimum absolute atomic E-state index is 0.0372. The fourth-order valence-electron chi connectivity index (χ4n) is 1.10. The molecule has 0 spiro atoms. The Balaban J connectivity index is 3.02. The first-order valence-corrected chi connectivity index (χ1v) is 5.24. The summed E-state index contributed by atoms with van der Waals surface area (Å²) in [5.74, 6) is -0.260. The van der Waals surface area contributed by atoms with E-state index in [9.17, 15) is 9.59 Å². The van der Waals surface area contributed by atoms with E-state index in [-0.39, 0.29) is 18.2 Å². The number of carbonyl (C=O) groups excluding carboxylic acids is 2. The molecule has 0 saturated heterocycles. The van der Waals surface area contributed by atoms with Crippen molar-refractivity contribution >= 4 is 28.2 Å². The third kappa shape index (κ3) is 2.40. The maximum absolute atomic E-state index is 11.3. The van der Waals surface area contributed by atoms with Crippen molar-refractivity contribution in [2.75, 3.05) is 18.5 Å². The van der Waals surface area contributed by atoms with Gasteiger partial charge in [-0.2, -0.15) is 0 Å². The van der Waals surface area contributed by atoms with Gasteiger partial charge in [-0.3, -0.25) is 14.5 Å². The highest BCUT2D eigenvalue weighted by Gasteiger charge is 2.17. The van der Waals surface area contributed by atoms with E-state index in [4.69, 9.17) is 5.73 Å². The average molecular weight is 227 g/mol. The molecule has 0 aromatic carbocycles. The molecule has 5 nitrogen and oxygen atoms in total. The second kappa shape index (κ2) is 4.50. The standard InChI is InChI=1S/C9H13N3O2S/c1-5-8(6(2)13)15-9(11-5)12(3)7(14)4-10/h4,10H2,1-3H3. The summed E-state index contributed by atoms with van der Waals surface area (Å²) in [6, 6.07) is 0. The van der Waals surface area contributed by atoms with Crippen molar-refractivity contribution in [1.29, 1.82) is 0 Å². The van der Waals surface area contributed by atoms with E-state index in [1.165, 1.54) is 23.2 Å². The van der Waals surface area contributed by atoms with Gasteiger partial charge >= 0.3 is 0 Å². The summed E-state index contributed by atoms with van der Waals surface area (Å²) in [7, 11) is 1.59. The summed E-state index contributed by atoms with van der Waals surface area (Å²) in [6.45, 7) is 3.16. The highest BCUT2D eigenvalue weighted by molar-refractivity contribution is 7.17. The van der Waals surface area contributed by atoms with Gasteiger partial charge in [0.1, 0.15) is 0 Å². The number of nitrogens with two attached hydrogens (primary N) is 1. The van der Waals surface area contributed by atoms with Crippen molar-refractivity contribution in [3.05, 3.63) is 10.6 Å². The number of amides is 1. The van der Waals surface area contributed by atoms with Crippen LogP contribution in [-0.2, 0) is 4.79 Å². The monoisotopic (exact) mass is 227 g/mol. The van der Waals surface area contributed by atoms with E-state index < -0.39 is 0 Å². The largest absolute Gasteiger partial charge is 0.322 e. The number of anilines is 1. The number of aromatic nitrogens is 1. The molecule has 1 aromatic rings. The zero-order valence-electron chi connectivity index (χ0n) is 8.90. The molecule has 0 fully saturated rings. The predicted molar refractivity (Wildman–Crippen MR) is 59.3 cm³/mol. The summed E-state index contributed by atoms with van der Waals surface area (Å²) in [4.78, 5) is 28.6. The minimum atomic E-state index is -0.223. The molecule has 15 heavy (non-hydrogen) atoms. The van der Waals surface area contributed by atoms with Crippen LogP contribution in [0.1, 0.15) is 22.3 Å². The molecule has 0 saturated carbocycles. The lowest BCUT2D eigenvalue weighted by molar-refractivity contribution is -0.117. The van der Waals surface area contributed by atoms with Gasteiger partial charge in [0.15, 0.2) is 10.9 Å². The smallest absolute Gasteiger partial charge is 0.242 e. The molecular weight excluding hydrogens is 214 g/mol. The number of thiazole rings is 1. The van der Waals surface area contributed by atoms with Crippen LogP contribution < -0.4 is 10.6 Å². The first-order valence-electron chi connectivity index (χ1n) is 4.42. The molecule has 0 aliphatic rings. The van der Waals surface area contributed by atoms with Gasteiger partial charge in [-0.1, -0.05) is 11.3 Å². The van der Waals surface area contributed by atoms with Crippen molar-refractivity contribution in [3.63, 3.8) is 0 Å². The summed E-state index contributed by atoms with van der Waals surface area (Å²) in [5.41, 5.74) is 5.89. The van der Waals surface area contributed by atoms with Crippen LogP contribution in [0.2, 0.25) is 0 Å². The first-order chi connectivity index (χ1) is 6.97. The molecule has 0 aliphatic carbocycles. The van der Waals surface area contributed by atoms with Crippen molar-refractivity contribution < 1.29 is 9.59 Å². The number of hydrogen-bond acceptors (Lipinski definition) is 5. The van der Waals surface area contributed by atoms with Gasteiger partial charge < -0.3 is 5.73 Å². The number of Topliss-reactive ketones (excluding diaryl/α,β-unsaturated/α-hetero) is 1. The molecule has 1 heterocycles. The molecule has 82 valence electrons. The molecule has 0 unspecified atom stereocenters. The van der Waals surface area contributed by atoms with Crippen LogP contribution >= 0.6 is 11.3 Å². The maximum atomic E-state index is 11.3. The average Bonchev–Trinajstić information content (AvgIpc) is 2.58. The van der Waals surface area contributed by atoms with Crippen LogP contribution in [0.15, 0.2) is 0 Å². The van der Waals surface area contributed by atoms with Crippen LogP contribution in [0.5, 0.6) is 0 Å². The summed E-state index contributed by atoms with van der Waals surface area (Å²) in [6.07, 6.45) is 0.